The van der Waals surface area contributed by atoms with E-state index in [2.05, 4.69) is 23.0 Å². The van der Waals surface area contributed by atoms with Gasteiger partial charge in [0.25, 0.3) is 0 Å². The van der Waals surface area contributed by atoms with Crippen LogP contribution in [-0.2, 0) is 6.61 Å². The third kappa shape index (κ3) is 4.34. The maximum atomic E-state index is 14.0. The topological polar surface area (TPSA) is 49.1 Å². The first-order valence-electron chi connectivity index (χ1n) is 10.1. The molecule has 148 valence electrons. The monoisotopic (exact) mass is 381 g/mol. The second-order valence-corrected chi connectivity index (χ2v) is 7.33. The molecule has 0 spiro atoms. The van der Waals surface area contributed by atoms with Gasteiger partial charge < -0.3 is 9.64 Å². The highest BCUT2D eigenvalue weighted by Crippen LogP contribution is 2.41. The first kappa shape index (κ1) is 20.3. The Hall–Kier alpha value is -2.45. The van der Waals surface area contributed by atoms with Crippen molar-refractivity contribution in [1.29, 1.82) is 5.26 Å². The van der Waals surface area contributed by atoms with Crippen LogP contribution in [0.1, 0.15) is 62.3 Å². The molecule has 2 unspecified atom stereocenters. The van der Waals surface area contributed by atoms with Gasteiger partial charge in [-0.25, -0.2) is 9.37 Å². The molecule has 28 heavy (non-hydrogen) atoms. The Labute approximate surface area is 167 Å². The standard InChI is InChI=1S/C21H22FN3O.C2H6/c1-25-17-7-8-18(25)11-16(10-17)20-3-2-4-21(24-20)26-13-15-6-5-14(12-23)9-19(15)22;1-2/h2-6,9,16-18H,7-8,10-11,13H2,1H3;1-2H3. The molecule has 0 amide bonds. The minimum absolute atomic E-state index is 0.104. The molecule has 2 atom stereocenters. The van der Waals surface area contributed by atoms with Gasteiger partial charge in [0.1, 0.15) is 12.4 Å². The number of benzene rings is 1. The van der Waals surface area contributed by atoms with Crippen LogP contribution in [-0.4, -0.2) is 29.0 Å². The number of piperidine rings is 1. The van der Waals surface area contributed by atoms with Crippen LogP contribution in [0.3, 0.4) is 0 Å². The molecular formula is C23H28FN3O. The fourth-order valence-corrected chi connectivity index (χ4v) is 4.28. The lowest BCUT2D eigenvalue weighted by atomic mass is 9.88. The van der Waals surface area contributed by atoms with E-state index in [-0.39, 0.29) is 6.61 Å². The maximum Gasteiger partial charge on any atom is 0.213 e. The van der Waals surface area contributed by atoms with Crippen LogP contribution in [0.2, 0.25) is 0 Å². The van der Waals surface area contributed by atoms with Crippen LogP contribution in [0.25, 0.3) is 0 Å². The number of rotatable bonds is 4. The number of hydrogen-bond acceptors (Lipinski definition) is 4. The van der Waals surface area contributed by atoms with E-state index in [0.29, 0.717) is 35.0 Å². The highest BCUT2D eigenvalue weighted by Gasteiger charge is 2.39. The van der Waals surface area contributed by atoms with Crippen molar-refractivity contribution < 1.29 is 9.13 Å². The number of nitrogens with zero attached hydrogens (tertiary/aromatic N) is 3. The van der Waals surface area contributed by atoms with Crippen LogP contribution in [0.5, 0.6) is 5.88 Å². The summed E-state index contributed by atoms with van der Waals surface area (Å²) in [6, 6.07) is 13.5. The lowest BCUT2D eigenvalue weighted by molar-refractivity contribution is 0.160. The third-order valence-electron chi connectivity index (χ3n) is 5.82. The zero-order chi connectivity index (χ0) is 20.1. The van der Waals surface area contributed by atoms with Crippen molar-refractivity contribution in [2.24, 2.45) is 0 Å². The number of hydrogen-bond donors (Lipinski definition) is 0. The van der Waals surface area contributed by atoms with Gasteiger partial charge in [-0.15, -0.1) is 0 Å². The predicted molar refractivity (Wildman–Crippen MR) is 108 cm³/mol. The van der Waals surface area contributed by atoms with E-state index in [9.17, 15) is 4.39 Å². The van der Waals surface area contributed by atoms with Gasteiger partial charge >= 0.3 is 0 Å². The smallest absolute Gasteiger partial charge is 0.213 e. The molecular weight excluding hydrogens is 353 g/mol. The van der Waals surface area contributed by atoms with Crippen molar-refractivity contribution in [2.75, 3.05) is 7.05 Å². The quantitative estimate of drug-likeness (QED) is 0.745. The van der Waals surface area contributed by atoms with Crippen molar-refractivity contribution in [1.82, 2.24) is 9.88 Å². The van der Waals surface area contributed by atoms with E-state index in [1.165, 1.54) is 18.9 Å². The molecule has 1 aromatic carbocycles. The third-order valence-corrected chi connectivity index (χ3v) is 5.82. The van der Waals surface area contributed by atoms with Crippen molar-refractivity contribution in [3.63, 3.8) is 0 Å². The van der Waals surface area contributed by atoms with Crippen molar-refractivity contribution >= 4 is 0 Å². The Bertz CT molecular complexity index is 834. The maximum absolute atomic E-state index is 14.0. The van der Waals surface area contributed by atoms with E-state index in [0.717, 1.165) is 18.5 Å². The molecule has 0 N–H and O–H groups in total. The molecule has 0 saturated carbocycles. The summed E-state index contributed by atoms with van der Waals surface area (Å²) in [5.74, 6) is 0.573. The van der Waals surface area contributed by atoms with E-state index in [1.54, 1.807) is 12.1 Å². The summed E-state index contributed by atoms with van der Waals surface area (Å²) in [6.45, 7) is 4.10. The van der Waals surface area contributed by atoms with Gasteiger partial charge in [-0.1, -0.05) is 26.0 Å². The Morgan fingerprint density at radius 1 is 1.18 bits per heavy atom. The van der Waals surface area contributed by atoms with E-state index in [1.807, 2.05) is 32.0 Å². The van der Waals surface area contributed by atoms with Crippen molar-refractivity contribution in [3.05, 3.63) is 59.0 Å². The summed E-state index contributed by atoms with van der Waals surface area (Å²) in [5, 5.41) is 8.81. The number of aromatic nitrogens is 1. The summed E-state index contributed by atoms with van der Waals surface area (Å²) in [4.78, 5) is 7.20. The second kappa shape index (κ2) is 9.16. The molecule has 2 aromatic rings. The molecule has 0 radical (unpaired) electrons. The predicted octanol–water partition coefficient (Wildman–Crippen LogP) is 5.04. The van der Waals surface area contributed by atoms with Gasteiger partial charge in [0.15, 0.2) is 0 Å². The zero-order valence-electron chi connectivity index (χ0n) is 16.9. The first-order valence-corrected chi connectivity index (χ1v) is 10.1. The molecule has 5 heteroatoms. The fraction of sp³-hybridized carbons (Fsp3) is 0.478. The van der Waals surface area contributed by atoms with Crippen LogP contribution in [0.15, 0.2) is 36.4 Å². The van der Waals surface area contributed by atoms with Gasteiger partial charge in [-0.05, 0) is 50.9 Å². The van der Waals surface area contributed by atoms with Gasteiger partial charge in [-0.3, -0.25) is 0 Å². The average Bonchev–Trinajstić information content (AvgIpc) is 2.94. The molecule has 2 fully saturated rings. The molecule has 2 aliphatic heterocycles. The highest BCUT2D eigenvalue weighted by atomic mass is 19.1. The van der Waals surface area contributed by atoms with Crippen molar-refractivity contribution in [2.45, 2.75) is 64.1 Å². The largest absolute Gasteiger partial charge is 0.473 e. The summed E-state index contributed by atoms with van der Waals surface area (Å²) in [7, 11) is 2.23. The minimum Gasteiger partial charge on any atom is -0.473 e. The van der Waals surface area contributed by atoms with Gasteiger partial charge in [-0.2, -0.15) is 5.26 Å². The Morgan fingerprint density at radius 2 is 1.89 bits per heavy atom. The SMILES string of the molecule is CC.CN1C2CCC1CC(c1cccc(OCc3ccc(C#N)cc3F)n1)C2. The molecule has 2 aliphatic rings. The molecule has 0 aliphatic carbocycles. The molecule has 4 rings (SSSR count). The van der Waals surface area contributed by atoms with Gasteiger partial charge in [0, 0.05) is 35.3 Å². The van der Waals surface area contributed by atoms with Crippen LogP contribution in [0, 0.1) is 17.1 Å². The van der Waals surface area contributed by atoms with E-state index < -0.39 is 5.82 Å². The summed E-state index contributed by atoms with van der Waals surface area (Å²) < 4.78 is 19.7. The normalized spacial score (nSPS) is 23.5. The summed E-state index contributed by atoms with van der Waals surface area (Å²) in [6.07, 6.45) is 4.86. The summed E-state index contributed by atoms with van der Waals surface area (Å²) >= 11 is 0. The lowest BCUT2D eigenvalue weighted by Crippen LogP contribution is -2.39. The van der Waals surface area contributed by atoms with Crippen LogP contribution >= 0.6 is 0 Å². The number of fused-ring (bicyclic) bond motifs is 2. The van der Waals surface area contributed by atoms with Crippen LogP contribution < -0.4 is 4.74 Å². The Balaban J connectivity index is 0.00000109. The van der Waals surface area contributed by atoms with Crippen molar-refractivity contribution in [3.8, 4) is 11.9 Å². The molecule has 3 heterocycles. The number of nitriles is 1. The first-order chi connectivity index (χ1) is 13.6. The van der Waals surface area contributed by atoms with Crippen LogP contribution in [0.4, 0.5) is 4.39 Å². The molecule has 4 nitrogen and oxygen atoms in total. The zero-order valence-corrected chi connectivity index (χ0v) is 16.9. The number of halogens is 1. The second-order valence-electron chi connectivity index (χ2n) is 7.33. The molecule has 2 saturated heterocycles. The molecule has 1 aromatic heterocycles. The number of ether oxygens (including phenoxy) is 1. The van der Waals surface area contributed by atoms with E-state index in [4.69, 9.17) is 10.00 Å². The number of pyridine rings is 1. The Morgan fingerprint density at radius 3 is 2.54 bits per heavy atom. The van der Waals surface area contributed by atoms with E-state index >= 15 is 0 Å². The lowest BCUT2D eigenvalue weighted by Gasteiger charge is -2.36. The van der Waals surface area contributed by atoms with Gasteiger partial charge in [0.2, 0.25) is 5.88 Å². The fourth-order valence-electron chi connectivity index (χ4n) is 4.28. The average molecular weight is 381 g/mol. The van der Waals surface area contributed by atoms with Gasteiger partial charge in [0.05, 0.1) is 11.6 Å². The Kier molecular flexibility index (Phi) is 6.64. The highest BCUT2D eigenvalue weighted by molar-refractivity contribution is 5.33. The summed E-state index contributed by atoms with van der Waals surface area (Å²) in [5.41, 5.74) is 1.81. The molecule has 2 bridgehead atoms. The minimum atomic E-state index is -0.424.